The zero-order chi connectivity index (χ0) is 17.9. The normalized spacial score (nSPS) is 12.5. The van der Waals surface area contributed by atoms with E-state index in [4.69, 9.17) is 29.1 Å². The topological polar surface area (TPSA) is 63.4 Å². The number of anilines is 1. The van der Waals surface area contributed by atoms with Gasteiger partial charge in [-0.25, -0.2) is 4.42 Å². The number of benzene rings is 2. The Morgan fingerprint density at radius 2 is 1.58 bits per heavy atom. The van der Waals surface area contributed by atoms with Crippen molar-refractivity contribution in [2.24, 2.45) is 5.73 Å². The second-order valence-electron chi connectivity index (χ2n) is 4.93. The predicted molar refractivity (Wildman–Crippen MR) is 88.1 cm³/mol. The molecule has 0 saturated heterocycles. The SMILES string of the molecule is NC(=O)C(c1ccccc1)C(F)(F)C(=O)N(Cl)c1ccc(Cl)cc1. The highest BCUT2D eigenvalue weighted by Crippen LogP contribution is 2.37. The molecule has 0 fully saturated rings. The standard InChI is InChI=1S/C16H12Cl2F2N2O2/c17-11-6-8-12(9-7-11)22(18)15(24)16(19,20)13(14(21)23)10-4-2-1-3-5-10/h1-9,13H,(H2,21,23). The van der Waals surface area contributed by atoms with Crippen molar-refractivity contribution >= 4 is 40.9 Å². The fraction of sp³-hybridized carbons (Fsp3) is 0.125. The molecule has 24 heavy (non-hydrogen) atoms. The van der Waals surface area contributed by atoms with Crippen LogP contribution in [-0.4, -0.2) is 17.7 Å². The summed E-state index contributed by atoms with van der Waals surface area (Å²) < 4.78 is 29.5. The summed E-state index contributed by atoms with van der Waals surface area (Å²) in [6, 6.07) is 12.5. The third kappa shape index (κ3) is 3.66. The third-order valence-electron chi connectivity index (χ3n) is 3.30. The van der Waals surface area contributed by atoms with Gasteiger partial charge in [0.1, 0.15) is 5.92 Å². The number of primary amides is 1. The van der Waals surface area contributed by atoms with E-state index in [-0.39, 0.29) is 15.7 Å². The smallest absolute Gasteiger partial charge is 0.341 e. The molecule has 2 amide bonds. The van der Waals surface area contributed by atoms with Gasteiger partial charge in [0, 0.05) is 16.8 Å². The summed E-state index contributed by atoms with van der Waals surface area (Å²) in [6.07, 6.45) is 0. The lowest BCUT2D eigenvalue weighted by Crippen LogP contribution is -2.47. The largest absolute Gasteiger partial charge is 0.369 e. The van der Waals surface area contributed by atoms with Gasteiger partial charge in [-0.1, -0.05) is 41.9 Å². The molecular weight excluding hydrogens is 361 g/mol. The molecule has 2 N–H and O–H groups in total. The number of carbonyl (C=O) groups excluding carboxylic acids is 2. The highest BCUT2D eigenvalue weighted by molar-refractivity contribution is 6.38. The van der Waals surface area contributed by atoms with E-state index in [1.54, 1.807) is 6.07 Å². The van der Waals surface area contributed by atoms with Crippen LogP contribution in [0.3, 0.4) is 0 Å². The summed E-state index contributed by atoms with van der Waals surface area (Å²) in [5, 5.41) is 0.349. The first-order valence-electron chi connectivity index (χ1n) is 6.73. The molecule has 4 nitrogen and oxygen atoms in total. The van der Waals surface area contributed by atoms with Crippen molar-refractivity contribution in [3.63, 3.8) is 0 Å². The van der Waals surface area contributed by atoms with Gasteiger partial charge in [0.05, 0.1) is 5.69 Å². The Labute approximate surface area is 146 Å². The zero-order valence-corrected chi connectivity index (χ0v) is 13.6. The summed E-state index contributed by atoms with van der Waals surface area (Å²) in [4.78, 5) is 23.7. The van der Waals surface area contributed by atoms with Crippen molar-refractivity contribution in [3.05, 3.63) is 65.2 Å². The number of rotatable bonds is 5. The molecule has 0 aliphatic heterocycles. The van der Waals surface area contributed by atoms with Gasteiger partial charge >= 0.3 is 11.8 Å². The number of nitrogens with zero attached hydrogens (tertiary/aromatic N) is 1. The maximum Gasteiger partial charge on any atom is 0.341 e. The Bertz CT molecular complexity index is 740. The van der Waals surface area contributed by atoms with E-state index in [1.807, 2.05) is 0 Å². The lowest BCUT2D eigenvalue weighted by molar-refractivity contribution is -0.150. The van der Waals surface area contributed by atoms with Crippen molar-refractivity contribution in [2.75, 3.05) is 4.42 Å². The average molecular weight is 373 g/mol. The molecule has 8 heteroatoms. The Balaban J connectivity index is 2.37. The second kappa shape index (κ2) is 7.15. The van der Waals surface area contributed by atoms with Gasteiger partial charge in [-0.3, -0.25) is 9.59 Å². The number of halogens is 4. The van der Waals surface area contributed by atoms with E-state index in [9.17, 15) is 18.4 Å². The molecule has 2 aromatic rings. The number of alkyl halides is 2. The highest BCUT2D eigenvalue weighted by Gasteiger charge is 2.53. The molecule has 0 aromatic heterocycles. The highest BCUT2D eigenvalue weighted by atomic mass is 35.5. The molecule has 0 heterocycles. The number of carbonyl (C=O) groups is 2. The van der Waals surface area contributed by atoms with Crippen LogP contribution in [0, 0.1) is 0 Å². The molecule has 0 spiro atoms. The van der Waals surface area contributed by atoms with Gasteiger partial charge < -0.3 is 5.73 Å². The Morgan fingerprint density at radius 1 is 1.04 bits per heavy atom. The minimum absolute atomic E-state index is 0.0120. The lowest BCUT2D eigenvalue weighted by Gasteiger charge is -2.26. The van der Waals surface area contributed by atoms with Gasteiger partial charge in [-0.05, 0) is 29.8 Å². The van der Waals surface area contributed by atoms with Crippen LogP contribution in [-0.2, 0) is 9.59 Å². The summed E-state index contributed by atoms with van der Waals surface area (Å²) in [7, 11) is 0. The lowest BCUT2D eigenvalue weighted by atomic mass is 9.91. The van der Waals surface area contributed by atoms with Crippen molar-refractivity contribution in [1.82, 2.24) is 0 Å². The molecule has 2 rings (SSSR count). The van der Waals surface area contributed by atoms with Crippen LogP contribution in [0.4, 0.5) is 14.5 Å². The molecule has 2 aromatic carbocycles. The van der Waals surface area contributed by atoms with Gasteiger partial charge in [0.15, 0.2) is 0 Å². The first-order valence-corrected chi connectivity index (χ1v) is 7.44. The fourth-order valence-corrected chi connectivity index (χ4v) is 2.49. The maximum atomic E-state index is 14.6. The summed E-state index contributed by atoms with van der Waals surface area (Å²) in [5.74, 6) is -9.37. The molecule has 126 valence electrons. The van der Waals surface area contributed by atoms with Gasteiger partial charge in [0.25, 0.3) is 0 Å². The summed E-state index contributed by atoms with van der Waals surface area (Å²) >= 11 is 11.4. The molecule has 0 radical (unpaired) electrons. The maximum absolute atomic E-state index is 14.6. The number of hydrogen-bond acceptors (Lipinski definition) is 2. The van der Waals surface area contributed by atoms with E-state index < -0.39 is 23.7 Å². The number of amides is 2. The monoisotopic (exact) mass is 372 g/mol. The number of nitrogens with two attached hydrogens (primary N) is 1. The molecule has 0 saturated carbocycles. The predicted octanol–water partition coefficient (Wildman–Crippen LogP) is 3.73. The van der Waals surface area contributed by atoms with Crippen molar-refractivity contribution < 1.29 is 18.4 Å². The molecule has 0 aliphatic rings. The van der Waals surface area contributed by atoms with Crippen molar-refractivity contribution in [1.29, 1.82) is 0 Å². The van der Waals surface area contributed by atoms with Crippen LogP contribution in [0.1, 0.15) is 11.5 Å². The van der Waals surface area contributed by atoms with Crippen LogP contribution in [0.25, 0.3) is 0 Å². The molecular formula is C16H12Cl2F2N2O2. The van der Waals surface area contributed by atoms with E-state index in [1.165, 1.54) is 48.5 Å². The van der Waals surface area contributed by atoms with Crippen LogP contribution < -0.4 is 10.2 Å². The Hall–Kier alpha value is -2.18. The van der Waals surface area contributed by atoms with E-state index in [2.05, 4.69) is 0 Å². The fourth-order valence-electron chi connectivity index (χ4n) is 2.14. The molecule has 0 bridgehead atoms. The third-order valence-corrected chi connectivity index (χ3v) is 3.90. The van der Waals surface area contributed by atoms with Crippen LogP contribution in [0.5, 0.6) is 0 Å². The Kier molecular flexibility index (Phi) is 5.41. The average Bonchev–Trinajstić information content (AvgIpc) is 2.54. The van der Waals surface area contributed by atoms with Gasteiger partial charge in [-0.15, -0.1) is 0 Å². The first kappa shape index (κ1) is 18.2. The molecule has 1 atom stereocenters. The van der Waals surface area contributed by atoms with Gasteiger partial charge in [-0.2, -0.15) is 8.78 Å². The second-order valence-corrected chi connectivity index (χ2v) is 5.71. The van der Waals surface area contributed by atoms with E-state index >= 15 is 0 Å². The van der Waals surface area contributed by atoms with Gasteiger partial charge in [0.2, 0.25) is 5.91 Å². The van der Waals surface area contributed by atoms with Crippen LogP contribution in [0.15, 0.2) is 54.6 Å². The summed E-state index contributed by atoms with van der Waals surface area (Å²) in [6.45, 7) is 0. The quantitative estimate of drug-likeness (QED) is 0.812. The molecule has 1 unspecified atom stereocenters. The Morgan fingerprint density at radius 3 is 2.08 bits per heavy atom. The summed E-state index contributed by atoms with van der Waals surface area (Å²) in [5.41, 5.74) is 5.01. The van der Waals surface area contributed by atoms with E-state index in [0.717, 1.165) is 0 Å². The van der Waals surface area contributed by atoms with Crippen LogP contribution >= 0.6 is 23.4 Å². The minimum atomic E-state index is -4.13. The van der Waals surface area contributed by atoms with Crippen LogP contribution in [0.2, 0.25) is 5.02 Å². The zero-order valence-electron chi connectivity index (χ0n) is 12.1. The molecule has 0 aliphatic carbocycles. The van der Waals surface area contributed by atoms with Crippen molar-refractivity contribution in [3.8, 4) is 0 Å². The van der Waals surface area contributed by atoms with Crippen molar-refractivity contribution in [2.45, 2.75) is 11.8 Å². The minimum Gasteiger partial charge on any atom is -0.369 e. The number of hydrogen-bond donors (Lipinski definition) is 1. The first-order chi connectivity index (χ1) is 11.2. The van der Waals surface area contributed by atoms with E-state index in [0.29, 0.717) is 5.02 Å².